The quantitative estimate of drug-likeness (QED) is 0.532. The maximum absolute atomic E-state index is 13.7. The molecule has 3 aliphatic rings. The second-order valence-corrected chi connectivity index (χ2v) is 10.7. The summed E-state index contributed by atoms with van der Waals surface area (Å²) < 4.78 is 11.7. The molecule has 2 N–H and O–H groups in total. The third-order valence-electron chi connectivity index (χ3n) is 7.19. The summed E-state index contributed by atoms with van der Waals surface area (Å²) in [7, 11) is 3.17. The van der Waals surface area contributed by atoms with E-state index in [0.717, 1.165) is 28.2 Å². The lowest BCUT2D eigenvalue weighted by Gasteiger charge is -2.46. The normalized spacial score (nSPS) is 18.5. The van der Waals surface area contributed by atoms with E-state index in [1.165, 1.54) is 0 Å². The summed E-state index contributed by atoms with van der Waals surface area (Å²) in [6, 6.07) is 14.5. The van der Waals surface area contributed by atoms with Crippen molar-refractivity contribution in [2.75, 3.05) is 32.1 Å². The lowest BCUT2D eigenvalue weighted by atomic mass is 9.84. The molecule has 0 atom stereocenters. The molecule has 2 aromatic rings. The van der Waals surface area contributed by atoms with Gasteiger partial charge < -0.3 is 24.8 Å². The number of likely N-dealkylation sites (tertiary alicyclic amines) is 1. The maximum Gasteiger partial charge on any atom is 0.317 e. The second kappa shape index (κ2) is 10.4. The van der Waals surface area contributed by atoms with Gasteiger partial charge in [-0.2, -0.15) is 0 Å². The highest BCUT2D eigenvalue weighted by molar-refractivity contribution is 6.30. The zero-order chi connectivity index (χ0) is 27.9. The van der Waals surface area contributed by atoms with Crippen LogP contribution in [0.15, 0.2) is 77.3 Å². The third-order valence-corrected chi connectivity index (χ3v) is 7.44. The fourth-order valence-corrected chi connectivity index (χ4v) is 5.44. The number of benzene rings is 2. The number of anilines is 1. The number of carbonyl (C=O) groups is 2. The number of ether oxygens (including phenoxy) is 2. The monoisotopic (exact) mass is 549 g/mol. The van der Waals surface area contributed by atoms with Crippen molar-refractivity contribution in [1.82, 2.24) is 10.2 Å². The molecule has 0 saturated carbocycles. The Balaban J connectivity index is 1.55. The first kappa shape index (κ1) is 26.8. The predicted molar refractivity (Wildman–Crippen MR) is 150 cm³/mol. The number of aliphatic hydroxyl groups is 1. The van der Waals surface area contributed by atoms with E-state index in [1.807, 2.05) is 68.5 Å². The molecule has 0 unspecified atom stereocenters. The Kier molecular flexibility index (Phi) is 7.18. The van der Waals surface area contributed by atoms with Crippen LogP contribution < -0.4 is 10.2 Å². The highest BCUT2D eigenvalue weighted by atomic mass is 35.5. The molecular formula is C30H32ClN3O5. The third kappa shape index (κ3) is 5.02. The van der Waals surface area contributed by atoms with Crippen LogP contribution in [0.25, 0.3) is 5.70 Å². The average Bonchev–Trinajstić information content (AvgIpc) is 2.90. The largest absolute Gasteiger partial charge is 0.493 e. The number of allylic oxidation sites excluding steroid dienone is 2. The SMILES string of the molecule is CNC(=O)N1CC(O)(c2ccc(N3C(=O)CC4=CC(OC)=C(OC(C)C)CC4=C3c3ccc(Cl)cc3)cc2)C1. The molecule has 2 heterocycles. The van der Waals surface area contributed by atoms with E-state index in [0.29, 0.717) is 28.5 Å². The van der Waals surface area contributed by atoms with Crippen LogP contribution in [0, 0.1) is 0 Å². The number of hydrogen-bond donors (Lipinski definition) is 2. The molecule has 2 aromatic carbocycles. The van der Waals surface area contributed by atoms with Gasteiger partial charge in [0.2, 0.25) is 5.91 Å². The first-order chi connectivity index (χ1) is 18.6. The molecule has 5 rings (SSSR count). The van der Waals surface area contributed by atoms with Crippen molar-refractivity contribution in [1.29, 1.82) is 0 Å². The summed E-state index contributed by atoms with van der Waals surface area (Å²) in [6.45, 7) is 4.34. The minimum absolute atomic E-state index is 0.0369. The molecule has 3 amide bonds. The molecule has 1 fully saturated rings. The van der Waals surface area contributed by atoms with Crippen LogP contribution >= 0.6 is 11.6 Å². The van der Waals surface area contributed by atoms with E-state index in [9.17, 15) is 14.7 Å². The number of rotatable bonds is 6. The van der Waals surface area contributed by atoms with Crippen molar-refractivity contribution < 1.29 is 24.2 Å². The zero-order valence-corrected chi connectivity index (χ0v) is 23.2. The van der Waals surface area contributed by atoms with Crippen LogP contribution in [0.5, 0.6) is 0 Å². The molecule has 0 bridgehead atoms. The second-order valence-electron chi connectivity index (χ2n) is 10.2. The minimum Gasteiger partial charge on any atom is -0.493 e. The predicted octanol–water partition coefficient (Wildman–Crippen LogP) is 4.94. The number of urea groups is 1. The summed E-state index contributed by atoms with van der Waals surface area (Å²) in [6.07, 6.45) is 2.54. The molecule has 1 aliphatic carbocycles. The Labute approximate surface area is 233 Å². The van der Waals surface area contributed by atoms with Gasteiger partial charge in [0, 0.05) is 24.2 Å². The van der Waals surface area contributed by atoms with Gasteiger partial charge in [0.05, 0.1) is 38.4 Å². The summed E-state index contributed by atoms with van der Waals surface area (Å²) in [4.78, 5) is 28.8. The van der Waals surface area contributed by atoms with Gasteiger partial charge in [-0.3, -0.25) is 9.69 Å². The fourth-order valence-electron chi connectivity index (χ4n) is 5.31. The Hall–Kier alpha value is -3.75. The van der Waals surface area contributed by atoms with E-state index in [2.05, 4.69) is 5.32 Å². The van der Waals surface area contributed by atoms with Crippen molar-refractivity contribution in [3.05, 3.63) is 93.4 Å². The van der Waals surface area contributed by atoms with Gasteiger partial charge in [-0.05, 0) is 66.5 Å². The van der Waals surface area contributed by atoms with Crippen LogP contribution in [-0.2, 0) is 19.9 Å². The van der Waals surface area contributed by atoms with E-state index < -0.39 is 5.60 Å². The topological polar surface area (TPSA) is 91.3 Å². The van der Waals surface area contributed by atoms with Crippen molar-refractivity contribution >= 4 is 34.9 Å². The number of nitrogens with one attached hydrogen (secondary N) is 1. The van der Waals surface area contributed by atoms with Crippen LogP contribution in [0.4, 0.5) is 10.5 Å². The van der Waals surface area contributed by atoms with Gasteiger partial charge in [0.15, 0.2) is 5.76 Å². The Morgan fingerprint density at radius 1 is 1.08 bits per heavy atom. The summed E-state index contributed by atoms with van der Waals surface area (Å²) >= 11 is 6.20. The highest BCUT2D eigenvalue weighted by Gasteiger charge is 2.45. The van der Waals surface area contributed by atoms with Crippen LogP contribution in [0.3, 0.4) is 0 Å². The molecular weight excluding hydrogens is 518 g/mol. The smallest absolute Gasteiger partial charge is 0.317 e. The van der Waals surface area contributed by atoms with Crippen LogP contribution in [0.2, 0.25) is 5.02 Å². The zero-order valence-electron chi connectivity index (χ0n) is 22.5. The first-order valence-electron chi connectivity index (χ1n) is 12.9. The number of nitrogens with zero attached hydrogens (tertiary/aromatic N) is 2. The lowest BCUT2D eigenvalue weighted by molar-refractivity contribution is -0.117. The van der Waals surface area contributed by atoms with Crippen molar-refractivity contribution in [2.24, 2.45) is 0 Å². The van der Waals surface area contributed by atoms with Crippen molar-refractivity contribution in [2.45, 2.75) is 38.4 Å². The molecule has 39 heavy (non-hydrogen) atoms. The standard InChI is InChI=1S/C30H32ClN3O5/c1-18(2)39-26-15-24-20(13-25(26)38-4)14-27(35)34(28(24)19-5-9-22(31)10-6-19)23-11-7-21(8-12-23)30(37)16-33(17-30)29(36)32-3/h5-13,18,37H,14-17H2,1-4H3,(H,32,36). The Morgan fingerprint density at radius 3 is 2.33 bits per heavy atom. The van der Waals surface area contributed by atoms with Crippen molar-refractivity contribution in [3.63, 3.8) is 0 Å². The molecule has 0 spiro atoms. The number of halogens is 1. The molecule has 0 aromatic heterocycles. The fraction of sp³-hybridized carbons (Fsp3) is 0.333. The number of methoxy groups -OCH3 is 1. The van der Waals surface area contributed by atoms with Crippen molar-refractivity contribution in [3.8, 4) is 0 Å². The summed E-state index contributed by atoms with van der Waals surface area (Å²) in [5, 5.41) is 14.2. The molecule has 204 valence electrons. The first-order valence-corrected chi connectivity index (χ1v) is 13.3. The molecule has 2 aliphatic heterocycles. The van der Waals surface area contributed by atoms with Gasteiger partial charge in [-0.25, -0.2) is 4.79 Å². The lowest BCUT2D eigenvalue weighted by Crippen LogP contribution is -2.62. The van der Waals surface area contributed by atoms with Gasteiger partial charge in [-0.1, -0.05) is 35.9 Å². The number of carbonyl (C=O) groups excluding carboxylic acids is 2. The Bertz CT molecular complexity index is 1390. The number of amides is 3. The van der Waals surface area contributed by atoms with Gasteiger partial charge in [-0.15, -0.1) is 0 Å². The van der Waals surface area contributed by atoms with E-state index in [4.69, 9.17) is 21.1 Å². The van der Waals surface area contributed by atoms with Gasteiger partial charge in [0.1, 0.15) is 11.4 Å². The molecule has 8 nitrogen and oxygen atoms in total. The highest BCUT2D eigenvalue weighted by Crippen LogP contribution is 2.44. The maximum atomic E-state index is 13.7. The minimum atomic E-state index is -1.13. The number of fused-ring (bicyclic) bond motifs is 1. The molecule has 9 heteroatoms. The molecule has 0 radical (unpaired) electrons. The Morgan fingerprint density at radius 2 is 1.74 bits per heavy atom. The summed E-state index contributed by atoms with van der Waals surface area (Å²) in [5.41, 5.74) is 3.73. The molecule has 1 saturated heterocycles. The van der Waals surface area contributed by atoms with Crippen LogP contribution in [0.1, 0.15) is 37.8 Å². The number of β-amino-alcohol motifs (C(OH)–C–C–N with tert-alkyl or cyclic N) is 1. The van der Waals surface area contributed by atoms with E-state index >= 15 is 0 Å². The average molecular weight is 550 g/mol. The van der Waals surface area contributed by atoms with E-state index in [-0.39, 0.29) is 37.6 Å². The van der Waals surface area contributed by atoms with Gasteiger partial charge in [0.25, 0.3) is 0 Å². The summed E-state index contributed by atoms with van der Waals surface area (Å²) in [5.74, 6) is 1.26. The number of hydrogen-bond acceptors (Lipinski definition) is 5. The van der Waals surface area contributed by atoms with E-state index in [1.54, 1.807) is 24.0 Å². The van der Waals surface area contributed by atoms with Crippen LogP contribution in [-0.4, -0.2) is 55.3 Å². The van der Waals surface area contributed by atoms with Gasteiger partial charge >= 0.3 is 6.03 Å².